The minimum atomic E-state index is -0.429. The van der Waals surface area contributed by atoms with Gasteiger partial charge in [0.2, 0.25) is 0 Å². The number of esters is 1. The molecular weight excluding hydrogens is 348 g/mol. The van der Waals surface area contributed by atoms with Crippen LogP contribution in [-0.4, -0.2) is 55.6 Å². The molecule has 0 aliphatic carbocycles. The zero-order valence-electron chi connectivity index (χ0n) is 16.2. The summed E-state index contributed by atoms with van der Waals surface area (Å²) in [6, 6.07) is 6.83. The molecule has 27 heavy (non-hydrogen) atoms. The van der Waals surface area contributed by atoms with E-state index in [2.05, 4.69) is 10.1 Å². The summed E-state index contributed by atoms with van der Waals surface area (Å²) in [5.74, 6) is -0.467. The van der Waals surface area contributed by atoms with Gasteiger partial charge in [-0.05, 0) is 37.0 Å². The van der Waals surface area contributed by atoms with Gasteiger partial charge in [0.05, 0.1) is 13.5 Å². The molecule has 1 atom stereocenters. The quantitative estimate of drug-likeness (QED) is 0.705. The first-order valence-corrected chi connectivity index (χ1v) is 9.29. The fraction of sp³-hybridized carbons (Fsp3) is 0.550. The van der Waals surface area contributed by atoms with Gasteiger partial charge in [0.1, 0.15) is 6.10 Å². The number of nitrogens with zero attached hydrogens (tertiary/aromatic N) is 1. The predicted octanol–water partition coefficient (Wildman–Crippen LogP) is 2.47. The van der Waals surface area contributed by atoms with Crippen LogP contribution in [0.3, 0.4) is 0 Å². The number of nitrogens with one attached hydrogen (secondary N) is 1. The molecule has 7 nitrogen and oxygen atoms in total. The van der Waals surface area contributed by atoms with Gasteiger partial charge in [0.15, 0.2) is 0 Å². The lowest BCUT2D eigenvalue weighted by atomic mass is 10.1. The van der Waals surface area contributed by atoms with E-state index in [0.29, 0.717) is 30.8 Å². The Morgan fingerprint density at radius 3 is 2.74 bits per heavy atom. The third-order valence-electron chi connectivity index (χ3n) is 4.29. The largest absolute Gasteiger partial charge is 0.469 e. The number of ether oxygens (including phenoxy) is 2. The third-order valence-corrected chi connectivity index (χ3v) is 4.29. The molecule has 1 aliphatic heterocycles. The van der Waals surface area contributed by atoms with E-state index in [1.807, 2.05) is 13.8 Å². The summed E-state index contributed by atoms with van der Waals surface area (Å²) >= 11 is 0. The molecule has 0 radical (unpaired) electrons. The topological polar surface area (TPSA) is 84.9 Å². The summed E-state index contributed by atoms with van der Waals surface area (Å²) in [6.45, 7) is 5.44. The van der Waals surface area contributed by atoms with E-state index in [-0.39, 0.29) is 36.7 Å². The fourth-order valence-electron chi connectivity index (χ4n) is 2.96. The van der Waals surface area contributed by atoms with Crippen LogP contribution in [-0.2, 0) is 19.1 Å². The Morgan fingerprint density at radius 1 is 1.33 bits per heavy atom. The maximum atomic E-state index is 12.9. The van der Waals surface area contributed by atoms with Gasteiger partial charge in [-0.25, -0.2) is 0 Å². The minimum Gasteiger partial charge on any atom is -0.469 e. The Hall–Kier alpha value is -2.41. The molecule has 0 saturated carbocycles. The van der Waals surface area contributed by atoms with Crippen LogP contribution in [0.1, 0.15) is 43.5 Å². The second-order valence-electron chi connectivity index (χ2n) is 7.04. The van der Waals surface area contributed by atoms with Crippen molar-refractivity contribution in [2.75, 3.05) is 32.1 Å². The summed E-state index contributed by atoms with van der Waals surface area (Å²) in [7, 11) is 1.33. The second-order valence-corrected chi connectivity index (χ2v) is 7.04. The summed E-state index contributed by atoms with van der Waals surface area (Å²) in [5.41, 5.74) is 1.02. The first kappa shape index (κ1) is 20.9. The van der Waals surface area contributed by atoms with Crippen molar-refractivity contribution in [3.63, 3.8) is 0 Å². The van der Waals surface area contributed by atoms with Crippen molar-refractivity contribution in [2.24, 2.45) is 5.92 Å². The summed E-state index contributed by atoms with van der Waals surface area (Å²) < 4.78 is 10.0. The number of benzene rings is 1. The molecule has 1 aliphatic rings. The summed E-state index contributed by atoms with van der Waals surface area (Å²) in [5, 5.41) is 2.81. The Labute approximate surface area is 160 Å². The van der Waals surface area contributed by atoms with Gasteiger partial charge >= 0.3 is 5.97 Å². The maximum Gasteiger partial charge on any atom is 0.307 e. The smallest absolute Gasteiger partial charge is 0.307 e. The van der Waals surface area contributed by atoms with E-state index in [4.69, 9.17) is 4.74 Å². The van der Waals surface area contributed by atoms with Crippen LogP contribution in [0.4, 0.5) is 5.69 Å². The number of hydrogen-bond acceptors (Lipinski definition) is 5. The number of amides is 2. The number of anilines is 1. The fourth-order valence-corrected chi connectivity index (χ4v) is 2.96. The van der Waals surface area contributed by atoms with Crippen LogP contribution in [0.25, 0.3) is 0 Å². The molecule has 1 saturated heterocycles. The lowest BCUT2D eigenvalue weighted by Crippen LogP contribution is -2.36. The Morgan fingerprint density at radius 2 is 2.11 bits per heavy atom. The van der Waals surface area contributed by atoms with Gasteiger partial charge in [-0.3, -0.25) is 14.4 Å². The molecule has 0 unspecified atom stereocenters. The highest BCUT2D eigenvalue weighted by Gasteiger charge is 2.24. The number of rotatable bonds is 8. The van der Waals surface area contributed by atoms with Crippen molar-refractivity contribution < 1.29 is 23.9 Å². The number of carbonyl (C=O) groups is 3. The van der Waals surface area contributed by atoms with E-state index in [1.54, 1.807) is 29.2 Å². The summed E-state index contributed by atoms with van der Waals surface area (Å²) in [6.07, 6.45) is 1.30. The Balaban J connectivity index is 2.07. The van der Waals surface area contributed by atoms with Crippen molar-refractivity contribution in [1.29, 1.82) is 0 Å². The highest BCUT2D eigenvalue weighted by molar-refractivity contribution is 5.98. The van der Waals surface area contributed by atoms with Gasteiger partial charge in [-0.2, -0.15) is 0 Å². The van der Waals surface area contributed by atoms with Gasteiger partial charge in [-0.15, -0.1) is 0 Å². The summed E-state index contributed by atoms with van der Waals surface area (Å²) in [4.78, 5) is 38.2. The normalized spacial score (nSPS) is 16.2. The lowest BCUT2D eigenvalue weighted by molar-refractivity contribution is -0.140. The van der Waals surface area contributed by atoms with E-state index < -0.39 is 6.10 Å². The number of carbonyl (C=O) groups excluding carboxylic acids is 3. The SMILES string of the molecule is COC(=O)CCN(CC(C)C)C(=O)c1cccc(NC(=O)[C@H]2CCCO2)c1. The average Bonchev–Trinajstić information content (AvgIpc) is 3.19. The van der Waals surface area contributed by atoms with Crippen LogP contribution in [0.2, 0.25) is 0 Å². The van der Waals surface area contributed by atoms with Gasteiger partial charge in [0, 0.05) is 30.9 Å². The molecule has 7 heteroatoms. The molecule has 2 rings (SSSR count). The minimum absolute atomic E-state index is 0.143. The standard InChI is InChI=1S/C20H28N2O5/c1-14(2)13-22(10-9-18(23)26-3)20(25)15-6-4-7-16(12-15)21-19(24)17-8-5-11-27-17/h4,6-7,12,14,17H,5,8-11,13H2,1-3H3,(H,21,24)/t17-/m1/s1. The average molecular weight is 376 g/mol. The number of hydrogen-bond donors (Lipinski definition) is 1. The monoisotopic (exact) mass is 376 g/mol. The first-order chi connectivity index (χ1) is 12.9. The molecule has 0 aromatic heterocycles. The van der Waals surface area contributed by atoms with E-state index in [0.717, 1.165) is 6.42 Å². The van der Waals surface area contributed by atoms with E-state index in [1.165, 1.54) is 7.11 Å². The highest BCUT2D eigenvalue weighted by Crippen LogP contribution is 2.17. The molecule has 1 aromatic carbocycles. The first-order valence-electron chi connectivity index (χ1n) is 9.29. The van der Waals surface area contributed by atoms with Crippen molar-refractivity contribution >= 4 is 23.5 Å². The molecule has 0 spiro atoms. The highest BCUT2D eigenvalue weighted by atomic mass is 16.5. The van der Waals surface area contributed by atoms with Gasteiger partial charge in [0.25, 0.3) is 11.8 Å². The molecule has 1 N–H and O–H groups in total. The van der Waals surface area contributed by atoms with Crippen LogP contribution < -0.4 is 5.32 Å². The predicted molar refractivity (Wildman–Crippen MR) is 101 cm³/mol. The Kier molecular flexibility index (Phi) is 7.79. The van der Waals surface area contributed by atoms with Crippen LogP contribution >= 0.6 is 0 Å². The zero-order valence-corrected chi connectivity index (χ0v) is 16.2. The third kappa shape index (κ3) is 6.36. The van der Waals surface area contributed by atoms with Crippen molar-refractivity contribution in [2.45, 2.75) is 39.2 Å². The van der Waals surface area contributed by atoms with E-state index in [9.17, 15) is 14.4 Å². The maximum absolute atomic E-state index is 12.9. The molecule has 1 fully saturated rings. The molecule has 2 amide bonds. The Bertz CT molecular complexity index is 668. The van der Waals surface area contributed by atoms with Crippen LogP contribution in [0, 0.1) is 5.92 Å². The van der Waals surface area contributed by atoms with Crippen molar-refractivity contribution in [1.82, 2.24) is 4.90 Å². The zero-order chi connectivity index (χ0) is 19.8. The van der Waals surface area contributed by atoms with Gasteiger partial charge in [-0.1, -0.05) is 19.9 Å². The van der Waals surface area contributed by atoms with Crippen molar-refractivity contribution in [3.8, 4) is 0 Å². The lowest BCUT2D eigenvalue weighted by Gasteiger charge is -2.24. The molecule has 1 heterocycles. The number of methoxy groups -OCH3 is 1. The molecule has 0 bridgehead atoms. The van der Waals surface area contributed by atoms with Gasteiger partial charge < -0.3 is 19.7 Å². The molecule has 148 valence electrons. The second kappa shape index (κ2) is 10.1. The van der Waals surface area contributed by atoms with Crippen LogP contribution in [0.15, 0.2) is 24.3 Å². The van der Waals surface area contributed by atoms with E-state index >= 15 is 0 Å². The van der Waals surface area contributed by atoms with Crippen LogP contribution in [0.5, 0.6) is 0 Å². The molecule has 1 aromatic rings. The van der Waals surface area contributed by atoms with Crippen molar-refractivity contribution in [3.05, 3.63) is 29.8 Å². The molecular formula is C20H28N2O5.